The molecule has 0 aliphatic rings. The van der Waals surface area contributed by atoms with Crippen molar-refractivity contribution in [1.82, 2.24) is 5.32 Å². The molecule has 0 aromatic heterocycles. The Balaban J connectivity index is 2.62. The Morgan fingerprint density at radius 3 is 2.25 bits per heavy atom. The fraction of sp³-hybridized carbons (Fsp3) is 0.467. The van der Waals surface area contributed by atoms with Crippen molar-refractivity contribution in [3.8, 4) is 0 Å². The van der Waals surface area contributed by atoms with Gasteiger partial charge in [-0.2, -0.15) is 0 Å². The third-order valence-corrected chi connectivity index (χ3v) is 3.32. The second-order valence-electron chi connectivity index (χ2n) is 5.27. The highest BCUT2D eigenvalue weighted by Crippen LogP contribution is 2.14. The fourth-order valence-corrected chi connectivity index (χ4v) is 1.81. The van der Waals surface area contributed by atoms with Gasteiger partial charge in [-0.1, -0.05) is 31.5 Å². The number of anilines is 1. The Morgan fingerprint density at radius 1 is 1.25 bits per heavy atom. The number of hydrogen-bond acceptors (Lipinski definition) is 2. The van der Waals surface area contributed by atoms with Gasteiger partial charge in [0.15, 0.2) is 0 Å². The number of amides is 2. The van der Waals surface area contributed by atoms with Crippen molar-refractivity contribution < 1.29 is 14.7 Å². The molecule has 0 radical (unpaired) electrons. The zero-order valence-electron chi connectivity index (χ0n) is 12.4. The van der Waals surface area contributed by atoms with Crippen LogP contribution in [0.2, 0.25) is 0 Å². The Bertz CT molecular complexity index is 469. The zero-order chi connectivity index (χ0) is 15.3. The summed E-state index contributed by atoms with van der Waals surface area (Å²) in [6, 6.07) is 7.25. The number of aryl methyl sites for hydroxylation is 1. The van der Waals surface area contributed by atoms with E-state index < -0.39 is 11.9 Å². The van der Waals surface area contributed by atoms with Crippen LogP contribution in [0.15, 0.2) is 24.3 Å². The van der Waals surface area contributed by atoms with E-state index in [1.165, 1.54) is 4.90 Å². The first-order valence-corrected chi connectivity index (χ1v) is 6.64. The minimum atomic E-state index is -0.890. The van der Waals surface area contributed by atoms with Gasteiger partial charge >= 0.3 is 12.0 Å². The second-order valence-corrected chi connectivity index (χ2v) is 5.27. The number of rotatable bonds is 5. The molecule has 0 spiro atoms. The maximum absolute atomic E-state index is 12.0. The first-order valence-electron chi connectivity index (χ1n) is 6.64. The molecule has 1 aromatic carbocycles. The van der Waals surface area contributed by atoms with Crippen LogP contribution in [-0.4, -0.2) is 30.7 Å². The number of carboxylic acids is 1. The number of nitrogens with zero attached hydrogens (tertiary/aromatic N) is 1. The lowest BCUT2D eigenvalue weighted by Crippen LogP contribution is -2.42. The Kier molecular flexibility index (Phi) is 5.55. The monoisotopic (exact) mass is 278 g/mol. The molecule has 0 heterocycles. The van der Waals surface area contributed by atoms with E-state index in [4.69, 9.17) is 5.11 Å². The summed E-state index contributed by atoms with van der Waals surface area (Å²) in [5.41, 5.74) is 1.89. The van der Waals surface area contributed by atoms with Gasteiger partial charge in [-0.15, -0.1) is 0 Å². The Morgan fingerprint density at radius 2 is 1.80 bits per heavy atom. The highest BCUT2D eigenvalue weighted by Gasteiger charge is 2.22. The molecule has 0 aliphatic carbocycles. The van der Waals surface area contributed by atoms with Crippen LogP contribution in [-0.2, 0) is 4.79 Å². The van der Waals surface area contributed by atoms with Gasteiger partial charge < -0.3 is 10.4 Å². The van der Waals surface area contributed by atoms with E-state index in [-0.39, 0.29) is 18.5 Å². The number of hydrogen-bond donors (Lipinski definition) is 2. The van der Waals surface area contributed by atoms with Crippen LogP contribution in [0.5, 0.6) is 0 Å². The smallest absolute Gasteiger partial charge is 0.321 e. The molecule has 1 aromatic rings. The number of carbonyl (C=O) groups excluding carboxylic acids is 1. The third-order valence-electron chi connectivity index (χ3n) is 3.32. The lowest BCUT2D eigenvalue weighted by atomic mass is 9.96. The molecule has 1 atom stereocenters. The summed E-state index contributed by atoms with van der Waals surface area (Å²) in [5, 5.41) is 11.7. The molecule has 0 fully saturated rings. The predicted octanol–water partition coefficient (Wildman–Crippen LogP) is 2.50. The molecule has 110 valence electrons. The first kappa shape index (κ1) is 16.0. The molecule has 0 aliphatic heterocycles. The zero-order valence-corrected chi connectivity index (χ0v) is 12.4. The molecule has 20 heavy (non-hydrogen) atoms. The highest BCUT2D eigenvalue weighted by atomic mass is 16.4. The quantitative estimate of drug-likeness (QED) is 0.869. The van der Waals surface area contributed by atoms with Crippen LogP contribution < -0.4 is 10.2 Å². The second kappa shape index (κ2) is 6.93. The summed E-state index contributed by atoms with van der Waals surface area (Å²) in [6.45, 7) is 5.76. The van der Waals surface area contributed by atoms with Gasteiger partial charge in [-0.3, -0.25) is 9.69 Å². The number of aliphatic carboxylic acids is 1. The van der Waals surface area contributed by atoms with E-state index in [1.807, 2.05) is 45.0 Å². The van der Waals surface area contributed by atoms with Crippen LogP contribution in [0.3, 0.4) is 0 Å². The van der Waals surface area contributed by atoms with E-state index in [0.717, 1.165) is 11.3 Å². The highest BCUT2D eigenvalue weighted by molar-refractivity contribution is 5.91. The van der Waals surface area contributed by atoms with Crippen LogP contribution in [0.25, 0.3) is 0 Å². The van der Waals surface area contributed by atoms with Gasteiger partial charge in [-0.05, 0) is 25.0 Å². The minimum absolute atomic E-state index is 0.0301. The van der Waals surface area contributed by atoms with Crippen LogP contribution in [0.1, 0.15) is 19.4 Å². The molecule has 2 amide bonds. The SMILES string of the molecule is Cc1ccc(N(C)C(=O)NCC(C(=O)O)C(C)C)cc1. The summed E-state index contributed by atoms with van der Waals surface area (Å²) in [5.74, 6) is -1.50. The van der Waals surface area contributed by atoms with E-state index >= 15 is 0 Å². The summed E-state index contributed by atoms with van der Waals surface area (Å²) >= 11 is 0. The molecule has 1 unspecified atom stereocenters. The van der Waals surface area contributed by atoms with Crippen molar-refractivity contribution in [2.45, 2.75) is 20.8 Å². The largest absolute Gasteiger partial charge is 0.481 e. The number of nitrogens with one attached hydrogen (secondary N) is 1. The van der Waals surface area contributed by atoms with Crippen molar-refractivity contribution >= 4 is 17.7 Å². The number of carbonyl (C=O) groups is 2. The van der Waals surface area contributed by atoms with Gasteiger partial charge in [0.25, 0.3) is 0 Å². The van der Waals surface area contributed by atoms with Crippen LogP contribution in [0.4, 0.5) is 10.5 Å². The summed E-state index contributed by atoms with van der Waals surface area (Å²) < 4.78 is 0. The normalized spacial score (nSPS) is 12.1. The number of benzene rings is 1. The molecule has 5 nitrogen and oxygen atoms in total. The maximum atomic E-state index is 12.0. The molecule has 5 heteroatoms. The molecule has 2 N–H and O–H groups in total. The van der Waals surface area contributed by atoms with Crippen molar-refractivity contribution in [2.75, 3.05) is 18.5 Å². The van der Waals surface area contributed by atoms with Crippen molar-refractivity contribution in [2.24, 2.45) is 11.8 Å². The molecule has 0 bridgehead atoms. The van der Waals surface area contributed by atoms with Crippen LogP contribution >= 0.6 is 0 Å². The molecular formula is C15H22N2O3. The Hall–Kier alpha value is -2.04. The van der Waals surface area contributed by atoms with Crippen LogP contribution in [0, 0.1) is 18.8 Å². The number of urea groups is 1. The average molecular weight is 278 g/mol. The lowest BCUT2D eigenvalue weighted by molar-refractivity contribution is -0.142. The molecule has 0 saturated heterocycles. The van der Waals surface area contributed by atoms with Crippen molar-refractivity contribution in [1.29, 1.82) is 0 Å². The van der Waals surface area contributed by atoms with Gasteiger partial charge in [0, 0.05) is 19.3 Å². The molecule has 1 rings (SSSR count). The first-order chi connectivity index (χ1) is 9.32. The van der Waals surface area contributed by atoms with E-state index in [0.29, 0.717) is 0 Å². The maximum Gasteiger partial charge on any atom is 0.321 e. The summed E-state index contributed by atoms with van der Waals surface area (Å²) in [6.07, 6.45) is 0. The topological polar surface area (TPSA) is 69.6 Å². The van der Waals surface area contributed by atoms with Crippen molar-refractivity contribution in [3.05, 3.63) is 29.8 Å². The lowest BCUT2D eigenvalue weighted by Gasteiger charge is -2.21. The summed E-state index contributed by atoms with van der Waals surface area (Å²) in [4.78, 5) is 24.5. The Labute approximate surface area is 119 Å². The van der Waals surface area contributed by atoms with Crippen molar-refractivity contribution in [3.63, 3.8) is 0 Å². The fourth-order valence-electron chi connectivity index (χ4n) is 1.81. The predicted molar refractivity (Wildman–Crippen MR) is 78.9 cm³/mol. The van der Waals surface area contributed by atoms with Gasteiger partial charge in [0.2, 0.25) is 0 Å². The van der Waals surface area contributed by atoms with E-state index in [1.54, 1.807) is 7.05 Å². The number of carboxylic acid groups (broad SMARTS) is 1. The van der Waals surface area contributed by atoms with Gasteiger partial charge in [0.05, 0.1) is 5.92 Å². The van der Waals surface area contributed by atoms with Gasteiger partial charge in [-0.25, -0.2) is 4.79 Å². The molecule has 0 saturated carbocycles. The van der Waals surface area contributed by atoms with Gasteiger partial charge in [0.1, 0.15) is 0 Å². The minimum Gasteiger partial charge on any atom is -0.481 e. The standard InChI is InChI=1S/C15H22N2O3/c1-10(2)13(14(18)19)9-16-15(20)17(4)12-7-5-11(3)6-8-12/h5-8,10,13H,9H2,1-4H3,(H,16,20)(H,18,19). The summed E-state index contributed by atoms with van der Waals surface area (Å²) in [7, 11) is 1.66. The molecular weight excluding hydrogens is 256 g/mol. The van der Waals surface area contributed by atoms with E-state index in [9.17, 15) is 9.59 Å². The third kappa shape index (κ3) is 4.26. The average Bonchev–Trinajstić information content (AvgIpc) is 2.38. The van der Waals surface area contributed by atoms with E-state index in [2.05, 4.69) is 5.32 Å².